The average molecular weight is 214 g/mol. The fourth-order valence-electron chi connectivity index (χ4n) is 1.80. The van der Waals surface area contributed by atoms with E-state index in [1.807, 2.05) is 0 Å². The molecule has 1 rings (SSSR count). The Morgan fingerprint density at radius 3 is 2.73 bits per heavy atom. The fraction of sp³-hybridized carbons (Fsp3) is 0.778. The van der Waals surface area contributed by atoms with E-state index < -0.39 is 0 Å². The lowest BCUT2D eigenvalue weighted by molar-refractivity contribution is -0.122. The monoisotopic (exact) mass is 214 g/mol. The zero-order valence-electron chi connectivity index (χ0n) is 8.74. The van der Waals surface area contributed by atoms with Crippen LogP contribution in [0.5, 0.6) is 0 Å². The molecule has 0 spiro atoms. The van der Waals surface area contributed by atoms with E-state index in [1.165, 1.54) is 0 Å². The SMILES string of the molecule is NNC(=O)CCCN1CCC(C(N)=O)C1. The molecule has 5 N–H and O–H groups in total. The van der Waals surface area contributed by atoms with Crippen LogP contribution in [-0.4, -0.2) is 36.3 Å². The molecular weight excluding hydrogens is 196 g/mol. The number of nitrogens with zero attached hydrogens (tertiary/aromatic N) is 1. The van der Waals surface area contributed by atoms with Crippen molar-refractivity contribution in [2.75, 3.05) is 19.6 Å². The number of carbonyl (C=O) groups excluding carboxylic acids is 2. The smallest absolute Gasteiger partial charge is 0.233 e. The van der Waals surface area contributed by atoms with Crippen molar-refractivity contribution < 1.29 is 9.59 Å². The van der Waals surface area contributed by atoms with Crippen molar-refractivity contribution in [3.63, 3.8) is 0 Å². The second kappa shape index (κ2) is 5.67. The molecule has 15 heavy (non-hydrogen) atoms. The summed E-state index contributed by atoms with van der Waals surface area (Å²) in [5, 5.41) is 0. The highest BCUT2D eigenvalue weighted by atomic mass is 16.2. The van der Waals surface area contributed by atoms with Crippen molar-refractivity contribution >= 4 is 11.8 Å². The zero-order valence-corrected chi connectivity index (χ0v) is 8.74. The molecule has 1 fully saturated rings. The number of hydrazine groups is 1. The van der Waals surface area contributed by atoms with Gasteiger partial charge in [-0.25, -0.2) is 5.84 Å². The molecule has 1 saturated heterocycles. The summed E-state index contributed by atoms with van der Waals surface area (Å²) in [4.78, 5) is 23.9. The average Bonchev–Trinajstić information content (AvgIpc) is 2.66. The summed E-state index contributed by atoms with van der Waals surface area (Å²) in [6.07, 6.45) is 2.02. The number of likely N-dealkylation sites (tertiary alicyclic amines) is 1. The van der Waals surface area contributed by atoms with Gasteiger partial charge in [-0.3, -0.25) is 15.0 Å². The zero-order chi connectivity index (χ0) is 11.3. The fourth-order valence-corrected chi connectivity index (χ4v) is 1.80. The molecule has 0 aromatic carbocycles. The third-order valence-corrected chi connectivity index (χ3v) is 2.71. The van der Waals surface area contributed by atoms with Gasteiger partial charge in [-0.1, -0.05) is 0 Å². The van der Waals surface area contributed by atoms with Crippen LogP contribution in [0.1, 0.15) is 19.3 Å². The highest BCUT2D eigenvalue weighted by Gasteiger charge is 2.25. The van der Waals surface area contributed by atoms with Gasteiger partial charge in [0.2, 0.25) is 11.8 Å². The number of hydrogen-bond donors (Lipinski definition) is 3. The molecule has 0 saturated carbocycles. The predicted octanol–water partition coefficient (Wildman–Crippen LogP) is -1.44. The molecule has 1 aliphatic rings. The van der Waals surface area contributed by atoms with Gasteiger partial charge in [0.1, 0.15) is 0 Å². The standard InChI is InChI=1S/C9H18N4O2/c10-9(15)7-3-5-13(6-7)4-1-2-8(14)12-11/h7H,1-6,11H2,(H2,10,15)(H,12,14). The number of carbonyl (C=O) groups is 2. The van der Waals surface area contributed by atoms with Crippen LogP contribution < -0.4 is 17.0 Å². The Kier molecular flexibility index (Phi) is 4.51. The van der Waals surface area contributed by atoms with E-state index in [0.29, 0.717) is 6.42 Å². The number of hydrogen-bond acceptors (Lipinski definition) is 4. The molecule has 0 radical (unpaired) electrons. The molecule has 0 aromatic heterocycles. The topological polar surface area (TPSA) is 101 Å². The summed E-state index contributed by atoms with van der Waals surface area (Å²) < 4.78 is 0. The first-order valence-corrected chi connectivity index (χ1v) is 5.14. The minimum atomic E-state index is -0.225. The van der Waals surface area contributed by atoms with Crippen LogP contribution in [0.15, 0.2) is 0 Å². The van der Waals surface area contributed by atoms with Crippen LogP contribution in [0.25, 0.3) is 0 Å². The first kappa shape index (κ1) is 11.9. The Balaban J connectivity index is 2.14. The molecular formula is C9H18N4O2. The van der Waals surface area contributed by atoms with Crippen molar-refractivity contribution in [3.05, 3.63) is 0 Å². The molecule has 0 bridgehead atoms. The number of rotatable bonds is 5. The van der Waals surface area contributed by atoms with Gasteiger partial charge in [-0.15, -0.1) is 0 Å². The van der Waals surface area contributed by atoms with Crippen molar-refractivity contribution in [2.24, 2.45) is 17.5 Å². The van der Waals surface area contributed by atoms with Gasteiger partial charge in [-0.2, -0.15) is 0 Å². The molecule has 6 nitrogen and oxygen atoms in total. The van der Waals surface area contributed by atoms with E-state index in [2.05, 4.69) is 10.3 Å². The van der Waals surface area contributed by atoms with Crippen LogP contribution in [0.3, 0.4) is 0 Å². The van der Waals surface area contributed by atoms with Crippen molar-refractivity contribution in [1.82, 2.24) is 10.3 Å². The van der Waals surface area contributed by atoms with E-state index in [4.69, 9.17) is 11.6 Å². The number of nitrogens with two attached hydrogens (primary N) is 2. The predicted molar refractivity (Wildman–Crippen MR) is 55.3 cm³/mol. The minimum absolute atomic E-state index is 0.0201. The van der Waals surface area contributed by atoms with Crippen LogP contribution in [0, 0.1) is 5.92 Å². The van der Waals surface area contributed by atoms with Gasteiger partial charge in [-0.05, 0) is 25.9 Å². The van der Waals surface area contributed by atoms with E-state index >= 15 is 0 Å². The molecule has 86 valence electrons. The largest absolute Gasteiger partial charge is 0.369 e. The Labute approximate surface area is 88.9 Å². The van der Waals surface area contributed by atoms with Crippen molar-refractivity contribution in [3.8, 4) is 0 Å². The number of nitrogens with one attached hydrogen (secondary N) is 1. The summed E-state index contributed by atoms with van der Waals surface area (Å²) in [5.41, 5.74) is 7.30. The molecule has 1 atom stereocenters. The lowest BCUT2D eigenvalue weighted by atomic mass is 10.1. The summed E-state index contributed by atoms with van der Waals surface area (Å²) in [5.74, 6) is 4.56. The van der Waals surface area contributed by atoms with E-state index in [1.54, 1.807) is 0 Å². The second-order valence-corrected chi connectivity index (χ2v) is 3.86. The highest BCUT2D eigenvalue weighted by molar-refractivity contribution is 5.77. The van der Waals surface area contributed by atoms with E-state index in [-0.39, 0.29) is 17.7 Å². The third-order valence-electron chi connectivity index (χ3n) is 2.71. The van der Waals surface area contributed by atoms with Crippen LogP contribution in [0.2, 0.25) is 0 Å². The summed E-state index contributed by atoms with van der Waals surface area (Å²) in [6, 6.07) is 0. The number of amides is 2. The molecule has 2 amide bonds. The summed E-state index contributed by atoms with van der Waals surface area (Å²) in [7, 11) is 0. The van der Waals surface area contributed by atoms with Gasteiger partial charge >= 0.3 is 0 Å². The van der Waals surface area contributed by atoms with Crippen LogP contribution in [0.4, 0.5) is 0 Å². The van der Waals surface area contributed by atoms with Gasteiger partial charge in [0.05, 0.1) is 5.92 Å². The normalized spacial score (nSPS) is 21.5. The van der Waals surface area contributed by atoms with Gasteiger partial charge in [0.25, 0.3) is 0 Å². The molecule has 1 heterocycles. The summed E-state index contributed by atoms with van der Waals surface area (Å²) >= 11 is 0. The molecule has 0 aliphatic carbocycles. The Morgan fingerprint density at radius 2 is 2.20 bits per heavy atom. The maximum atomic E-state index is 10.9. The van der Waals surface area contributed by atoms with Crippen LogP contribution >= 0.6 is 0 Å². The minimum Gasteiger partial charge on any atom is -0.369 e. The lowest BCUT2D eigenvalue weighted by Gasteiger charge is -2.14. The van der Waals surface area contributed by atoms with Crippen LogP contribution in [-0.2, 0) is 9.59 Å². The molecule has 1 unspecified atom stereocenters. The number of primary amides is 1. The molecule has 0 aromatic rings. The van der Waals surface area contributed by atoms with Crippen molar-refractivity contribution in [1.29, 1.82) is 0 Å². The maximum Gasteiger partial charge on any atom is 0.233 e. The quantitative estimate of drug-likeness (QED) is 0.296. The third kappa shape index (κ3) is 3.85. The Morgan fingerprint density at radius 1 is 1.47 bits per heavy atom. The Bertz CT molecular complexity index is 244. The lowest BCUT2D eigenvalue weighted by Crippen LogP contribution is -2.31. The molecule has 1 aliphatic heterocycles. The maximum absolute atomic E-state index is 10.9. The first-order valence-electron chi connectivity index (χ1n) is 5.14. The highest BCUT2D eigenvalue weighted by Crippen LogP contribution is 2.15. The Hall–Kier alpha value is -1.14. The second-order valence-electron chi connectivity index (χ2n) is 3.86. The van der Waals surface area contributed by atoms with E-state index in [0.717, 1.165) is 32.5 Å². The van der Waals surface area contributed by atoms with E-state index in [9.17, 15) is 9.59 Å². The first-order chi connectivity index (χ1) is 7.13. The van der Waals surface area contributed by atoms with Crippen molar-refractivity contribution in [2.45, 2.75) is 19.3 Å². The van der Waals surface area contributed by atoms with Gasteiger partial charge in [0.15, 0.2) is 0 Å². The van der Waals surface area contributed by atoms with Gasteiger partial charge in [0, 0.05) is 13.0 Å². The summed E-state index contributed by atoms with van der Waals surface area (Å²) in [6.45, 7) is 2.43. The molecule has 6 heteroatoms. The van der Waals surface area contributed by atoms with Gasteiger partial charge < -0.3 is 10.6 Å².